The molecule has 8 heteroatoms. The molecule has 0 aliphatic carbocycles. The van der Waals surface area contributed by atoms with Gasteiger partial charge >= 0.3 is 0 Å². The van der Waals surface area contributed by atoms with Crippen LogP contribution in [0.25, 0.3) is 0 Å². The largest absolute Gasteiger partial charge is 0.491 e. The lowest BCUT2D eigenvalue weighted by Crippen LogP contribution is -2.49. The number of nitrogens with zero attached hydrogens (tertiary/aromatic N) is 2. The summed E-state index contributed by atoms with van der Waals surface area (Å²) in [7, 11) is 0. The minimum absolute atomic E-state index is 0.0511. The summed E-state index contributed by atoms with van der Waals surface area (Å²) in [5, 5.41) is 2.01. The number of benzene rings is 1. The average Bonchev–Trinajstić information content (AvgIpc) is 3.52. The molecule has 0 fully saturated rings. The number of furan rings is 1. The molecule has 0 bridgehead atoms. The molecule has 0 saturated heterocycles. The van der Waals surface area contributed by atoms with Gasteiger partial charge in [-0.25, -0.2) is 4.39 Å². The van der Waals surface area contributed by atoms with Crippen molar-refractivity contribution in [2.24, 2.45) is 0 Å². The Bertz CT molecular complexity index is 1100. The fourth-order valence-electron chi connectivity index (χ4n) is 4.03. The Kier molecular flexibility index (Phi) is 7.13. The summed E-state index contributed by atoms with van der Waals surface area (Å²) >= 11 is 1.66. The van der Waals surface area contributed by atoms with Crippen LogP contribution in [0.15, 0.2) is 58.5 Å². The molecular weight excluding hydrogens is 443 g/mol. The highest BCUT2D eigenvalue weighted by molar-refractivity contribution is 7.10. The maximum Gasteiger partial charge on any atom is 0.290 e. The topological polar surface area (TPSA) is 63.0 Å². The molecule has 1 aromatic carbocycles. The van der Waals surface area contributed by atoms with Gasteiger partial charge in [-0.15, -0.1) is 11.3 Å². The maximum atomic E-state index is 13.6. The van der Waals surface area contributed by atoms with E-state index in [1.807, 2.05) is 25.3 Å². The SMILES string of the molecule is CC[C@H](C)N(CC(=O)N1CCc2sccc2[C@H]1COc1cccc(F)c1)C(=O)c1ccco1. The highest BCUT2D eigenvalue weighted by Gasteiger charge is 2.34. The van der Waals surface area contributed by atoms with Crippen molar-refractivity contribution in [3.63, 3.8) is 0 Å². The fourth-order valence-corrected chi connectivity index (χ4v) is 4.96. The van der Waals surface area contributed by atoms with Crippen LogP contribution in [-0.4, -0.2) is 47.4 Å². The normalized spacial score (nSPS) is 16.2. The van der Waals surface area contributed by atoms with E-state index in [0.29, 0.717) is 18.7 Å². The van der Waals surface area contributed by atoms with E-state index in [-0.39, 0.29) is 48.6 Å². The van der Waals surface area contributed by atoms with E-state index in [1.165, 1.54) is 23.3 Å². The molecular formula is C25H27FN2O4S. The standard InChI is InChI=1S/C25H27FN2O4S/c1-3-17(2)28(25(30)22-8-5-12-31-22)15-24(29)27-11-9-23-20(10-13-33-23)21(27)16-32-19-7-4-6-18(26)14-19/h4-8,10,12-14,17,21H,3,9,11,15-16H2,1-2H3/t17-,21+/m0/s1. The first-order chi connectivity index (χ1) is 16.0. The predicted molar refractivity (Wildman–Crippen MR) is 124 cm³/mol. The number of hydrogen-bond donors (Lipinski definition) is 0. The van der Waals surface area contributed by atoms with E-state index in [1.54, 1.807) is 45.4 Å². The number of thiophene rings is 1. The molecule has 0 N–H and O–H groups in total. The third-order valence-corrected chi connectivity index (χ3v) is 7.04. The van der Waals surface area contributed by atoms with Gasteiger partial charge in [-0.2, -0.15) is 0 Å². The number of carbonyl (C=O) groups excluding carboxylic acids is 2. The molecule has 2 amide bonds. The van der Waals surface area contributed by atoms with Crippen LogP contribution in [0.3, 0.4) is 0 Å². The van der Waals surface area contributed by atoms with Crippen molar-refractivity contribution in [2.75, 3.05) is 19.7 Å². The van der Waals surface area contributed by atoms with Gasteiger partial charge in [0, 0.05) is 23.5 Å². The molecule has 33 heavy (non-hydrogen) atoms. The number of halogens is 1. The van der Waals surface area contributed by atoms with Crippen LogP contribution in [-0.2, 0) is 11.2 Å². The molecule has 1 aliphatic heterocycles. The lowest BCUT2D eigenvalue weighted by Gasteiger charge is -2.38. The van der Waals surface area contributed by atoms with E-state index >= 15 is 0 Å². The summed E-state index contributed by atoms with van der Waals surface area (Å²) in [6.45, 7) is 4.59. The van der Waals surface area contributed by atoms with Crippen LogP contribution in [0.5, 0.6) is 5.75 Å². The second kappa shape index (κ2) is 10.2. The first kappa shape index (κ1) is 23.0. The zero-order valence-electron chi connectivity index (χ0n) is 18.7. The minimum Gasteiger partial charge on any atom is -0.491 e. The fraction of sp³-hybridized carbons (Fsp3) is 0.360. The van der Waals surface area contributed by atoms with Gasteiger partial charge in [0.25, 0.3) is 5.91 Å². The summed E-state index contributed by atoms with van der Waals surface area (Å²) in [4.78, 5) is 31.1. The second-order valence-electron chi connectivity index (χ2n) is 8.09. The van der Waals surface area contributed by atoms with Crippen molar-refractivity contribution >= 4 is 23.2 Å². The Morgan fingerprint density at radius 1 is 1.30 bits per heavy atom. The molecule has 0 spiro atoms. The smallest absolute Gasteiger partial charge is 0.290 e. The highest BCUT2D eigenvalue weighted by atomic mass is 32.1. The molecule has 0 unspecified atom stereocenters. The summed E-state index contributed by atoms with van der Waals surface area (Å²) in [6.07, 6.45) is 2.91. The molecule has 3 aromatic rings. The molecule has 174 valence electrons. The van der Waals surface area contributed by atoms with Gasteiger partial charge in [0.2, 0.25) is 5.91 Å². The Hall–Kier alpha value is -3.13. The first-order valence-electron chi connectivity index (χ1n) is 11.1. The van der Waals surface area contributed by atoms with Crippen LogP contribution < -0.4 is 4.74 Å². The number of amides is 2. The zero-order valence-corrected chi connectivity index (χ0v) is 19.5. The molecule has 1 aliphatic rings. The van der Waals surface area contributed by atoms with Gasteiger partial charge in [-0.3, -0.25) is 9.59 Å². The Labute approximate surface area is 196 Å². The van der Waals surface area contributed by atoms with Crippen LogP contribution in [0, 0.1) is 5.82 Å². The lowest BCUT2D eigenvalue weighted by molar-refractivity contribution is -0.136. The zero-order chi connectivity index (χ0) is 23.4. The molecule has 0 saturated carbocycles. The van der Waals surface area contributed by atoms with E-state index in [0.717, 1.165) is 12.0 Å². The van der Waals surface area contributed by atoms with Crippen molar-refractivity contribution in [2.45, 2.75) is 38.8 Å². The van der Waals surface area contributed by atoms with E-state index in [4.69, 9.17) is 9.15 Å². The molecule has 2 aromatic heterocycles. The summed E-state index contributed by atoms with van der Waals surface area (Å²) in [6, 6.07) is 10.8. The third-order valence-electron chi connectivity index (χ3n) is 6.04. The van der Waals surface area contributed by atoms with Gasteiger partial charge in [0.15, 0.2) is 5.76 Å². The highest BCUT2D eigenvalue weighted by Crippen LogP contribution is 2.34. The van der Waals surface area contributed by atoms with Crippen molar-refractivity contribution in [3.8, 4) is 5.75 Å². The van der Waals surface area contributed by atoms with Crippen LogP contribution >= 0.6 is 11.3 Å². The second-order valence-corrected chi connectivity index (χ2v) is 9.09. The van der Waals surface area contributed by atoms with E-state index in [2.05, 4.69) is 0 Å². The number of ether oxygens (including phenoxy) is 1. The van der Waals surface area contributed by atoms with Gasteiger partial charge in [-0.05, 0) is 61.0 Å². The molecule has 6 nitrogen and oxygen atoms in total. The first-order valence-corrected chi connectivity index (χ1v) is 11.9. The maximum absolute atomic E-state index is 13.6. The third kappa shape index (κ3) is 5.11. The van der Waals surface area contributed by atoms with E-state index < -0.39 is 0 Å². The van der Waals surface area contributed by atoms with Gasteiger partial charge in [0.05, 0.1) is 12.3 Å². The van der Waals surface area contributed by atoms with Gasteiger partial charge in [0.1, 0.15) is 24.7 Å². The Balaban J connectivity index is 1.54. The lowest BCUT2D eigenvalue weighted by atomic mass is 10.00. The molecule has 3 heterocycles. The summed E-state index contributed by atoms with van der Waals surface area (Å²) in [5.41, 5.74) is 1.04. The van der Waals surface area contributed by atoms with E-state index in [9.17, 15) is 14.0 Å². The Morgan fingerprint density at radius 2 is 2.15 bits per heavy atom. The monoisotopic (exact) mass is 470 g/mol. The average molecular weight is 471 g/mol. The molecule has 0 radical (unpaired) electrons. The van der Waals surface area contributed by atoms with Crippen molar-refractivity contribution in [3.05, 3.63) is 76.1 Å². The number of carbonyl (C=O) groups is 2. The van der Waals surface area contributed by atoms with Crippen LogP contribution in [0.2, 0.25) is 0 Å². The number of rotatable bonds is 8. The number of hydrogen-bond acceptors (Lipinski definition) is 5. The van der Waals surface area contributed by atoms with Crippen molar-refractivity contribution in [1.29, 1.82) is 0 Å². The van der Waals surface area contributed by atoms with Crippen molar-refractivity contribution in [1.82, 2.24) is 9.80 Å². The Morgan fingerprint density at radius 3 is 2.88 bits per heavy atom. The molecule has 4 rings (SSSR count). The van der Waals surface area contributed by atoms with Crippen LogP contribution in [0.4, 0.5) is 4.39 Å². The van der Waals surface area contributed by atoms with Crippen LogP contribution in [0.1, 0.15) is 47.3 Å². The summed E-state index contributed by atoms with van der Waals surface area (Å²) < 4.78 is 24.8. The number of fused-ring (bicyclic) bond motifs is 1. The quantitative estimate of drug-likeness (QED) is 0.469. The van der Waals surface area contributed by atoms with Gasteiger partial charge in [-0.1, -0.05) is 13.0 Å². The minimum atomic E-state index is -0.374. The van der Waals surface area contributed by atoms with Crippen molar-refractivity contribution < 1.29 is 23.1 Å². The van der Waals surface area contributed by atoms with Gasteiger partial charge < -0.3 is 19.0 Å². The predicted octanol–water partition coefficient (Wildman–Crippen LogP) is 4.93. The molecule has 2 atom stereocenters. The summed E-state index contributed by atoms with van der Waals surface area (Å²) in [5.74, 6) is -0.198.